The van der Waals surface area contributed by atoms with Gasteiger partial charge in [0.15, 0.2) is 12.0 Å². The molecule has 0 atom stereocenters. The van der Waals surface area contributed by atoms with Gasteiger partial charge in [-0.05, 0) is 48.2 Å². The van der Waals surface area contributed by atoms with E-state index < -0.39 is 0 Å². The van der Waals surface area contributed by atoms with Gasteiger partial charge in [0.2, 0.25) is 5.69 Å². The van der Waals surface area contributed by atoms with E-state index in [1.807, 2.05) is 42.5 Å². The van der Waals surface area contributed by atoms with E-state index in [0.717, 1.165) is 61.3 Å². The first kappa shape index (κ1) is 25.1. The van der Waals surface area contributed by atoms with Gasteiger partial charge < -0.3 is 4.42 Å². The summed E-state index contributed by atoms with van der Waals surface area (Å²) in [5.41, 5.74) is 9.98. The number of nitrogens with zero attached hydrogens (tertiary/aromatic N) is 3. The summed E-state index contributed by atoms with van der Waals surface area (Å²) in [7, 11) is 2.10. The van der Waals surface area contributed by atoms with Crippen molar-refractivity contribution in [1.29, 1.82) is 0 Å². The number of rotatable bonds is 4. The Hall–Kier alpha value is -5.61. The molecule has 0 aliphatic rings. The third-order valence-corrected chi connectivity index (χ3v) is 8.23. The van der Waals surface area contributed by atoms with Crippen molar-refractivity contribution in [2.45, 2.75) is 6.92 Å². The fraction of sp³-hybridized carbons (Fsp3) is 0.0513. The number of hydrogen-bond donors (Lipinski definition) is 0. The molecule has 3 aromatic heterocycles. The van der Waals surface area contributed by atoms with Crippen molar-refractivity contribution in [3.05, 3.63) is 139 Å². The van der Waals surface area contributed by atoms with E-state index in [9.17, 15) is 0 Å². The highest BCUT2D eigenvalue weighted by Crippen LogP contribution is 2.39. The summed E-state index contributed by atoms with van der Waals surface area (Å²) in [5, 5.41) is 4.54. The molecule has 8 aromatic rings. The first-order chi connectivity index (χ1) is 21.1. The molecule has 0 N–H and O–H groups in total. The number of aromatic nitrogens is 3. The number of benzene rings is 5. The van der Waals surface area contributed by atoms with Crippen LogP contribution in [0.25, 0.3) is 77.9 Å². The molecule has 0 saturated heterocycles. The summed E-state index contributed by atoms with van der Waals surface area (Å²) in [6, 6.07) is 44.0. The Morgan fingerprint density at radius 1 is 0.581 bits per heavy atom. The molecule has 5 aromatic carbocycles. The Kier molecular flexibility index (Phi) is 5.86. The van der Waals surface area contributed by atoms with Crippen molar-refractivity contribution in [3.63, 3.8) is 0 Å². The molecule has 8 rings (SSSR count). The molecule has 0 radical (unpaired) electrons. The van der Waals surface area contributed by atoms with Gasteiger partial charge in [0.25, 0.3) is 0 Å². The maximum atomic E-state index is 6.61. The van der Waals surface area contributed by atoms with Gasteiger partial charge in [-0.25, -0.2) is 14.5 Å². The second kappa shape index (κ2) is 10.0. The van der Waals surface area contributed by atoms with E-state index in [-0.39, 0.29) is 0 Å². The summed E-state index contributed by atoms with van der Waals surface area (Å²) >= 11 is 0. The molecule has 0 bridgehead atoms. The molecule has 0 amide bonds. The number of aryl methyl sites for hydroxylation is 2. The number of hydrogen-bond acceptors (Lipinski definition) is 3. The molecule has 43 heavy (non-hydrogen) atoms. The van der Waals surface area contributed by atoms with E-state index in [1.54, 1.807) is 0 Å². The summed E-state index contributed by atoms with van der Waals surface area (Å²) in [6.45, 7) is 2.15. The molecule has 0 saturated carbocycles. The van der Waals surface area contributed by atoms with Crippen LogP contribution >= 0.6 is 0 Å². The van der Waals surface area contributed by atoms with Gasteiger partial charge in [0, 0.05) is 38.9 Å². The summed E-state index contributed by atoms with van der Waals surface area (Å²) in [4.78, 5) is 10.1. The predicted molar refractivity (Wildman–Crippen MR) is 174 cm³/mol. The van der Waals surface area contributed by atoms with E-state index in [0.29, 0.717) is 5.82 Å². The average Bonchev–Trinajstić information content (AvgIpc) is 3.43. The number of pyridine rings is 1. The van der Waals surface area contributed by atoms with Gasteiger partial charge in [-0.15, -0.1) is 0 Å². The van der Waals surface area contributed by atoms with Crippen LogP contribution in [0.1, 0.15) is 5.56 Å². The predicted octanol–water partition coefficient (Wildman–Crippen LogP) is 9.33. The van der Waals surface area contributed by atoms with Gasteiger partial charge in [-0.1, -0.05) is 91.0 Å². The fourth-order valence-corrected chi connectivity index (χ4v) is 6.02. The largest absolute Gasteiger partial charge is 0.455 e. The minimum absolute atomic E-state index is 0.685. The lowest BCUT2D eigenvalue weighted by Gasteiger charge is -2.09. The van der Waals surface area contributed by atoms with Crippen molar-refractivity contribution in [2.24, 2.45) is 7.05 Å². The van der Waals surface area contributed by atoms with Crippen LogP contribution in [0.4, 0.5) is 0 Å². The van der Waals surface area contributed by atoms with Crippen molar-refractivity contribution in [3.8, 4) is 45.2 Å². The van der Waals surface area contributed by atoms with Crippen molar-refractivity contribution in [2.75, 3.05) is 0 Å². The molecule has 0 spiro atoms. The highest BCUT2D eigenvalue weighted by molar-refractivity contribution is 6.11. The summed E-state index contributed by atoms with van der Waals surface area (Å²) < 4.78 is 8.80. The quantitative estimate of drug-likeness (QED) is 0.204. The lowest BCUT2D eigenvalue weighted by molar-refractivity contribution is -0.659. The van der Waals surface area contributed by atoms with Crippen molar-refractivity contribution < 1.29 is 8.98 Å². The standard InChI is InChI=1S/C39H28N3O/c1-25-17-19-31-32-21-29(39-40-33(26-11-5-3-6-12-26)23-34(41-39)27-13-7-4-8-14-27)18-20-36(32)43-38(31)37(25)35-22-28-15-9-10-16-30(28)24-42(35)2/h3-24H,1-2H3/q+1. The molecular formula is C39H28N3O+. The normalized spacial score (nSPS) is 11.5. The second-order valence-corrected chi connectivity index (χ2v) is 11.0. The summed E-state index contributed by atoms with van der Waals surface area (Å²) in [6.07, 6.45) is 2.19. The monoisotopic (exact) mass is 554 g/mol. The van der Waals surface area contributed by atoms with Crippen LogP contribution in [-0.2, 0) is 7.05 Å². The Bertz CT molecular complexity index is 2250. The van der Waals surface area contributed by atoms with Crippen LogP contribution in [0.5, 0.6) is 0 Å². The average molecular weight is 555 g/mol. The first-order valence-corrected chi connectivity index (χ1v) is 14.5. The van der Waals surface area contributed by atoms with Gasteiger partial charge in [-0.2, -0.15) is 0 Å². The third kappa shape index (κ3) is 4.36. The zero-order chi connectivity index (χ0) is 28.9. The van der Waals surface area contributed by atoms with E-state index in [4.69, 9.17) is 14.4 Å². The van der Waals surface area contributed by atoms with Gasteiger partial charge in [0.05, 0.1) is 17.0 Å². The Labute approximate surface area is 249 Å². The van der Waals surface area contributed by atoms with E-state index in [1.165, 1.54) is 16.3 Å². The molecule has 4 nitrogen and oxygen atoms in total. The van der Waals surface area contributed by atoms with Crippen LogP contribution in [0.3, 0.4) is 0 Å². The van der Waals surface area contributed by atoms with Gasteiger partial charge in [-0.3, -0.25) is 0 Å². The Balaban J connectivity index is 1.32. The maximum Gasteiger partial charge on any atom is 0.216 e. The minimum atomic E-state index is 0.685. The van der Waals surface area contributed by atoms with Crippen LogP contribution in [0, 0.1) is 6.92 Å². The Morgan fingerprint density at radius 3 is 1.93 bits per heavy atom. The highest BCUT2D eigenvalue weighted by Gasteiger charge is 2.22. The van der Waals surface area contributed by atoms with Gasteiger partial charge >= 0.3 is 0 Å². The molecule has 0 unspecified atom stereocenters. The molecule has 204 valence electrons. The Morgan fingerprint density at radius 2 is 1.23 bits per heavy atom. The number of furan rings is 1. The SMILES string of the molecule is Cc1ccc2c(oc3ccc(-c4nc(-c5ccccc5)cc(-c5ccccc5)n4)cc32)c1-c1cc2ccccc2c[n+]1C. The minimum Gasteiger partial charge on any atom is -0.455 e. The van der Waals surface area contributed by atoms with Crippen LogP contribution < -0.4 is 4.57 Å². The van der Waals surface area contributed by atoms with Gasteiger partial charge in [0.1, 0.15) is 18.2 Å². The fourth-order valence-electron chi connectivity index (χ4n) is 6.02. The molecule has 0 aliphatic carbocycles. The molecule has 0 aliphatic heterocycles. The van der Waals surface area contributed by atoms with Crippen molar-refractivity contribution in [1.82, 2.24) is 9.97 Å². The lowest BCUT2D eigenvalue weighted by Crippen LogP contribution is -2.30. The highest BCUT2D eigenvalue weighted by atomic mass is 16.3. The number of fused-ring (bicyclic) bond motifs is 4. The molecule has 3 heterocycles. The third-order valence-electron chi connectivity index (χ3n) is 8.23. The maximum absolute atomic E-state index is 6.61. The van der Waals surface area contributed by atoms with Crippen LogP contribution in [0.15, 0.2) is 138 Å². The molecule has 0 fully saturated rings. The van der Waals surface area contributed by atoms with Crippen LogP contribution in [0.2, 0.25) is 0 Å². The zero-order valence-corrected chi connectivity index (χ0v) is 24.0. The second-order valence-electron chi connectivity index (χ2n) is 11.0. The van der Waals surface area contributed by atoms with E-state index >= 15 is 0 Å². The smallest absolute Gasteiger partial charge is 0.216 e. The lowest BCUT2D eigenvalue weighted by atomic mass is 9.99. The summed E-state index contributed by atoms with van der Waals surface area (Å²) in [5.74, 6) is 0.685. The zero-order valence-electron chi connectivity index (χ0n) is 24.0. The first-order valence-electron chi connectivity index (χ1n) is 14.5. The van der Waals surface area contributed by atoms with Crippen LogP contribution in [-0.4, -0.2) is 9.97 Å². The molecule has 4 heteroatoms. The topological polar surface area (TPSA) is 42.8 Å². The van der Waals surface area contributed by atoms with Crippen molar-refractivity contribution >= 4 is 32.7 Å². The molecular weight excluding hydrogens is 526 g/mol. The van der Waals surface area contributed by atoms with E-state index in [2.05, 4.69) is 110 Å².